The molecule has 2 aromatic heterocycles. The van der Waals surface area contributed by atoms with E-state index in [9.17, 15) is 4.79 Å². The van der Waals surface area contributed by atoms with Crippen molar-refractivity contribution in [2.24, 2.45) is 0 Å². The number of fused-ring (bicyclic) bond motifs is 1. The molecule has 0 amide bonds. The van der Waals surface area contributed by atoms with Gasteiger partial charge in [-0.1, -0.05) is 13.0 Å². The maximum Gasteiger partial charge on any atom is 0.275 e. The van der Waals surface area contributed by atoms with Crippen LogP contribution in [0.25, 0.3) is 10.9 Å². The van der Waals surface area contributed by atoms with Gasteiger partial charge in [0.25, 0.3) is 5.56 Å². The van der Waals surface area contributed by atoms with Crippen molar-refractivity contribution in [3.05, 3.63) is 46.5 Å². The lowest BCUT2D eigenvalue weighted by Crippen LogP contribution is -2.20. The van der Waals surface area contributed by atoms with Gasteiger partial charge in [-0.05, 0) is 25.0 Å². The first kappa shape index (κ1) is 10.7. The fourth-order valence-corrected chi connectivity index (χ4v) is 2.03. The number of pyridine rings is 1. The van der Waals surface area contributed by atoms with E-state index in [4.69, 9.17) is 0 Å². The molecule has 0 aliphatic carbocycles. The number of nitrogens with one attached hydrogen (secondary N) is 1. The molecule has 0 spiro atoms. The molecular weight excluding hydrogens is 200 g/mol. The van der Waals surface area contributed by atoms with Crippen LogP contribution in [-0.4, -0.2) is 9.55 Å². The van der Waals surface area contributed by atoms with Gasteiger partial charge in [0.2, 0.25) is 0 Å². The zero-order valence-electron chi connectivity index (χ0n) is 9.71. The Hall–Kier alpha value is -1.77. The molecule has 1 N–H and O–H groups in total. The average Bonchev–Trinajstić information content (AvgIpc) is 2.65. The summed E-state index contributed by atoms with van der Waals surface area (Å²) in [6, 6.07) is 2.04. The highest BCUT2D eigenvalue weighted by Gasteiger charge is 2.09. The van der Waals surface area contributed by atoms with E-state index in [0.29, 0.717) is 12.1 Å². The van der Waals surface area contributed by atoms with E-state index in [1.165, 1.54) is 5.56 Å². The summed E-state index contributed by atoms with van der Waals surface area (Å²) in [7, 11) is 0. The highest BCUT2D eigenvalue weighted by Crippen LogP contribution is 2.17. The van der Waals surface area contributed by atoms with E-state index in [1.807, 2.05) is 19.2 Å². The number of aromatic nitrogens is 2. The van der Waals surface area contributed by atoms with E-state index in [0.717, 1.165) is 17.5 Å². The van der Waals surface area contributed by atoms with Gasteiger partial charge >= 0.3 is 0 Å². The van der Waals surface area contributed by atoms with Crippen LogP contribution in [0.5, 0.6) is 0 Å². The Labute approximate surface area is 94.4 Å². The summed E-state index contributed by atoms with van der Waals surface area (Å²) in [6.07, 6.45) is 4.59. The standard InChI is InChI=1S/C13H16N2O/c1-4-6-15-8-10(5-2)11-7-9(3)14-12(11)13(15)16/h4,7-8,14H,1,5-6H2,2-3H3. The van der Waals surface area contributed by atoms with Gasteiger partial charge in [0.05, 0.1) is 0 Å². The van der Waals surface area contributed by atoms with Crippen molar-refractivity contribution in [3.8, 4) is 0 Å². The van der Waals surface area contributed by atoms with Gasteiger partial charge in [-0.15, -0.1) is 6.58 Å². The van der Waals surface area contributed by atoms with Crippen molar-refractivity contribution in [2.45, 2.75) is 26.8 Å². The minimum absolute atomic E-state index is 0.0280. The number of aryl methyl sites for hydroxylation is 2. The Morgan fingerprint density at radius 3 is 2.94 bits per heavy atom. The number of allylic oxidation sites excluding steroid dienone is 1. The van der Waals surface area contributed by atoms with E-state index in [1.54, 1.807) is 10.6 Å². The molecule has 0 radical (unpaired) electrons. The van der Waals surface area contributed by atoms with Gasteiger partial charge < -0.3 is 9.55 Å². The predicted molar refractivity (Wildman–Crippen MR) is 66.9 cm³/mol. The minimum Gasteiger partial charge on any atom is -0.354 e. The Morgan fingerprint density at radius 1 is 1.56 bits per heavy atom. The lowest BCUT2D eigenvalue weighted by molar-refractivity contribution is 0.778. The predicted octanol–water partition coefficient (Wildman–Crippen LogP) is 2.39. The van der Waals surface area contributed by atoms with Crippen molar-refractivity contribution < 1.29 is 0 Å². The molecule has 0 atom stereocenters. The fraction of sp³-hybridized carbons (Fsp3) is 0.308. The number of H-pyrrole nitrogens is 1. The van der Waals surface area contributed by atoms with Crippen LogP contribution in [0, 0.1) is 6.92 Å². The molecule has 0 fully saturated rings. The van der Waals surface area contributed by atoms with Crippen LogP contribution in [0.1, 0.15) is 18.2 Å². The highest BCUT2D eigenvalue weighted by molar-refractivity contribution is 5.82. The summed E-state index contributed by atoms with van der Waals surface area (Å²) in [5.41, 5.74) is 2.96. The molecule has 0 saturated carbocycles. The summed E-state index contributed by atoms with van der Waals surface area (Å²) < 4.78 is 1.70. The first-order chi connectivity index (χ1) is 7.67. The third kappa shape index (κ3) is 1.58. The fourth-order valence-electron chi connectivity index (χ4n) is 2.03. The average molecular weight is 216 g/mol. The largest absolute Gasteiger partial charge is 0.354 e. The topological polar surface area (TPSA) is 37.8 Å². The molecule has 2 rings (SSSR count). The molecule has 3 heteroatoms. The van der Waals surface area contributed by atoms with Gasteiger partial charge in [0.15, 0.2) is 0 Å². The molecule has 0 bridgehead atoms. The summed E-state index contributed by atoms with van der Waals surface area (Å²) in [5, 5.41) is 1.05. The van der Waals surface area contributed by atoms with Crippen molar-refractivity contribution in [1.29, 1.82) is 0 Å². The first-order valence-corrected chi connectivity index (χ1v) is 5.50. The zero-order chi connectivity index (χ0) is 11.7. The third-order valence-corrected chi connectivity index (χ3v) is 2.79. The third-order valence-electron chi connectivity index (χ3n) is 2.79. The van der Waals surface area contributed by atoms with Crippen molar-refractivity contribution in [2.75, 3.05) is 0 Å². The lowest BCUT2D eigenvalue weighted by Gasteiger charge is -2.06. The lowest BCUT2D eigenvalue weighted by atomic mass is 10.1. The molecule has 0 aromatic carbocycles. The second kappa shape index (κ2) is 4.00. The van der Waals surface area contributed by atoms with Crippen molar-refractivity contribution in [3.63, 3.8) is 0 Å². The van der Waals surface area contributed by atoms with Crippen molar-refractivity contribution >= 4 is 10.9 Å². The molecule has 0 aliphatic heterocycles. The maximum absolute atomic E-state index is 12.1. The summed E-state index contributed by atoms with van der Waals surface area (Å²) in [5.74, 6) is 0. The molecule has 3 nitrogen and oxygen atoms in total. The second-order valence-corrected chi connectivity index (χ2v) is 4.00. The Balaban J connectivity index is 2.82. The van der Waals surface area contributed by atoms with E-state index in [2.05, 4.69) is 18.5 Å². The molecule has 16 heavy (non-hydrogen) atoms. The van der Waals surface area contributed by atoms with Gasteiger partial charge in [-0.25, -0.2) is 0 Å². The Bertz CT molecular complexity index is 590. The van der Waals surface area contributed by atoms with E-state index >= 15 is 0 Å². The van der Waals surface area contributed by atoms with Gasteiger partial charge in [-0.3, -0.25) is 4.79 Å². The first-order valence-electron chi connectivity index (χ1n) is 5.50. The minimum atomic E-state index is 0.0280. The quantitative estimate of drug-likeness (QED) is 0.786. The van der Waals surface area contributed by atoms with Crippen LogP contribution in [0.2, 0.25) is 0 Å². The molecule has 0 unspecified atom stereocenters. The SMILES string of the molecule is C=CCn1cc(CC)c2cc(C)[nH]c2c1=O. The Kier molecular flexibility index (Phi) is 2.69. The number of rotatable bonds is 3. The number of aromatic amines is 1. The molecule has 84 valence electrons. The number of nitrogens with zero attached hydrogens (tertiary/aromatic N) is 1. The highest BCUT2D eigenvalue weighted by atomic mass is 16.1. The second-order valence-electron chi connectivity index (χ2n) is 4.00. The maximum atomic E-state index is 12.1. The number of hydrogen-bond donors (Lipinski definition) is 1. The van der Waals surface area contributed by atoms with Gasteiger partial charge in [0, 0.05) is 23.8 Å². The molecule has 2 aromatic rings. The van der Waals surface area contributed by atoms with Crippen LogP contribution in [0.15, 0.2) is 29.7 Å². The summed E-state index contributed by atoms with van der Waals surface area (Å²) in [4.78, 5) is 15.2. The molecule has 0 aliphatic rings. The van der Waals surface area contributed by atoms with Crippen LogP contribution >= 0.6 is 0 Å². The van der Waals surface area contributed by atoms with Gasteiger partial charge in [0.1, 0.15) is 5.52 Å². The smallest absolute Gasteiger partial charge is 0.275 e. The van der Waals surface area contributed by atoms with Crippen LogP contribution in [-0.2, 0) is 13.0 Å². The van der Waals surface area contributed by atoms with Crippen LogP contribution in [0.4, 0.5) is 0 Å². The number of hydrogen-bond acceptors (Lipinski definition) is 1. The van der Waals surface area contributed by atoms with Gasteiger partial charge in [-0.2, -0.15) is 0 Å². The zero-order valence-corrected chi connectivity index (χ0v) is 9.71. The normalized spacial score (nSPS) is 10.9. The van der Waals surface area contributed by atoms with Crippen LogP contribution < -0.4 is 5.56 Å². The molecule has 2 heterocycles. The van der Waals surface area contributed by atoms with Crippen molar-refractivity contribution in [1.82, 2.24) is 9.55 Å². The summed E-state index contributed by atoms with van der Waals surface area (Å²) >= 11 is 0. The summed E-state index contributed by atoms with van der Waals surface area (Å²) in [6.45, 7) is 8.29. The van der Waals surface area contributed by atoms with E-state index in [-0.39, 0.29) is 5.56 Å². The van der Waals surface area contributed by atoms with E-state index < -0.39 is 0 Å². The Morgan fingerprint density at radius 2 is 2.31 bits per heavy atom. The molecular formula is C13H16N2O. The van der Waals surface area contributed by atoms with Crippen LogP contribution in [0.3, 0.4) is 0 Å². The molecule has 0 saturated heterocycles. The monoisotopic (exact) mass is 216 g/mol.